The molecule has 10 heteroatoms. The lowest BCUT2D eigenvalue weighted by molar-refractivity contribution is -0.221. The van der Waals surface area contributed by atoms with Crippen LogP contribution in [0.4, 0.5) is 8.78 Å². The van der Waals surface area contributed by atoms with Crippen LogP contribution >= 0.6 is 0 Å². The lowest BCUT2D eigenvalue weighted by Gasteiger charge is -2.41. The molecule has 3 aromatic rings. The zero-order chi connectivity index (χ0) is 34.1. The molecule has 3 aliphatic carbocycles. The Morgan fingerprint density at radius 2 is 1.42 bits per heavy atom. The predicted molar refractivity (Wildman–Crippen MR) is 181 cm³/mol. The summed E-state index contributed by atoms with van der Waals surface area (Å²) in [6, 6.07) is 24.3. The molecule has 0 amide bonds. The average molecular weight is 700 g/mol. The first-order chi connectivity index (χ1) is 22.7. The third kappa shape index (κ3) is 6.21. The van der Waals surface area contributed by atoms with Crippen molar-refractivity contribution in [2.45, 2.75) is 103 Å². The fraction of sp³-hybridized carbons (Fsp3) is 0.526. The standard InChI is InChI=1S/C38H44F2O6S2/c1-24(38(39,40)48(41,42)43)46-28-12-18-31(19-13-28)47(30-16-10-27(11-17-30)37(4)23-44-36(2,3)22-45-37)29-14-8-25(9-15-29)34-20-26-21-35(34)33-7-5-6-32(26)33/h8-19,24,26,32-35H,5-7,20-23H2,1-4H3/p+1. The topological polar surface area (TPSA) is 82.1 Å². The first-order valence-corrected chi connectivity index (χ1v) is 19.7. The maximum Gasteiger partial charge on any atom is 0.405 e. The highest BCUT2D eigenvalue weighted by atomic mass is 32.2. The van der Waals surface area contributed by atoms with E-state index in [1.165, 1.54) is 37.7 Å². The van der Waals surface area contributed by atoms with Gasteiger partial charge in [0.1, 0.15) is 11.4 Å². The van der Waals surface area contributed by atoms with Crippen LogP contribution in [0, 0.1) is 23.7 Å². The van der Waals surface area contributed by atoms with Crippen molar-refractivity contribution in [2.24, 2.45) is 23.7 Å². The van der Waals surface area contributed by atoms with Gasteiger partial charge >= 0.3 is 15.4 Å². The van der Waals surface area contributed by atoms with Crippen LogP contribution in [0.2, 0.25) is 0 Å². The van der Waals surface area contributed by atoms with Gasteiger partial charge in [0.25, 0.3) is 0 Å². The van der Waals surface area contributed by atoms with E-state index >= 15 is 0 Å². The Bertz CT molecular complexity index is 1720. The maximum absolute atomic E-state index is 14.2. The summed E-state index contributed by atoms with van der Waals surface area (Å²) in [4.78, 5) is 3.18. The maximum atomic E-state index is 14.2. The van der Waals surface area contributed by atoms with Gasteiger partial charge in [0, 0.05) is 0 Å². The number of rotatable bonds is 9. The second-order valence-corrected chi connectivity index (χ2v) is 18.5. The molecule has 6 nitrogen and oxygen atoms in total. The van der Waals surface area contributed by atoms with Gasteiger partial charge in [-0.1, -0.05) is 30.7 Å². The minimum atomic E-state index is -5.63. The van der Waals surface area contributed by atoms with Gasteiger partial charge in [0.15, 0.2) is 20.8 Å². The Kier molecular flexibility index (Phi) is 8.76. The smallest absolute Gasteiger partial charge is 0.405 e. The van der Waals surface area contributed by atoms with Gasteiger partial charge in [-0.15, -0.1) is 0 Å². The van der Waals surface area contributed by atoms with Crippen molar-refractivity contribution >= 4 is 21.0 Å². The highest BCUT2D eigenvalue weighted by molar-refractivity contribution is 7.97. The molecule has 258 valence electrons. The molecule has 48 heavy (non-hydrogen) atoms. The Labute approximate surface area is 285 Å². The minimum absolute atomic E-state index is 0.0793. The number of benzene rings is 3. The number of fused-ring (bicyclic) bond motifs is 5. The van der Waals surface area contributed by atoms with Crippen molar-refractivity contribution in [1.82, 2.24) is 0 Å². The lowest BCUT2D eigenvalue weighted by Crippen LogP contribution is -2.47. The fourth-order valence-corrected chi connectivity index (χ4v) is 11.2. The van der Waals surface area contributed by atoms with E-state index in [4.69, 9.17) is 18.8 Å². The first kappa shape index (κ1) is 34.0. The van der Waals surface area contributed by atoms with Crippen LogP contribution in [0.25, 0.3) is 0 Å². The number of halogens is 2. The molecule has 0 spiro atoms. The van der Waals surface area contributed by atoms with Crippen molar-refractivity contribution in [3.05, 3.63) is 83.9 Å². The predicted octanol–water partition coefficient (Wildman–Crippen LogP) is 8.61. The second-order valence-electron chi connectivity index (χ2n) is 15.0. The molecule has 2 bridgehead atoms. The van der Waals surface area contributed by atoms with Crippen molar-refractivity contribution in [3.8, 4) is 5.75 Å². The third-order valence-electron chi connectivity index (χ3n) is 11.3. The molecule has 3 aromatic carbocycles. The van der Waals surface area contributed by atoms with Crippen molar-refractivity contribution in [3.63, 3.8) is 0 Å². The normalized spacial score (nSPS) is 30.9. The summed E-state index contributed by atoms with van der Waals surface area (Å²) in [6.07, 6.45) is 4.79. The van der Waals surface area contributed by atoms with Crippen molar-refractivity contribution in [1.29, 1.82) is 0 Å². The fourth-order valence-electron chi connectivity index (χ4n) is 8.71. The largest absolute Gasteiger partial charge is 0.483 e. The van der Waals surface area contributed by atoms with Crippen LogP contribution in [0.1, 0.15) is 76.8 Å². The van der Waals surface area contributed by atoms with Crippen LogP contribution in [-0.2, 0) is 36.1 Å². The molecule has 1 N–H and O–H groups in total. The van der Waals surface area contributed by atoms with Gasteiger partial charge in [-0.3, -0.25) is 4.55 Å². The number of hydrogen-bond donors (Lipinski definition) is 1. The zero-order valence-electron chi connectivity index (χ0n) is 27.9. The highest BCUT2D eigenvalue weighted by Crippen LogP contribution is 2.63. The Balaban J connectivity index is 1.17. The highest BCUT2D eigenvalue weighted by Gasteiger charge is 2.54. The number of hydrogen-bond acceptors (Lipinski definition) is 5. The summed E-state index contributed by atoms with van der Waals surface area (Å²) in [5, 5.41) is -4.45. The van der Waals surface area contributed by atoms with E-state index in [9.17, 15) is 17.2 Å². The van der Waals surface area contributed by atoms with Gasteiger partial charge in [0.05, 0.1) is 29.7 Å². The molecule has 1 heterocycles. The molecule has 8 atom stereocenters. The Morgan fingerprint density at radius 3 is 2.00 bits per heavy atom. The Hall–Kier alpha value is -2.50. The van der Waals surface area contributed by atoms with E-state index in [0.29, 0.717) is 19.1 Å². The van der Waals surface area contributed by atoms with E-state index in [0.717, 1.165) is 50.8 Å². The zero-order valence-corrected chi connectivity index (χ0v) is 29.5. The van der Waals surface area contributed by atoms with Crippen LogP contribution in [-0.4, -0.2) is 43.1 Å². The first-order valence-electron chi connectivity index (χ1n) is 17.0. The van der Waals surface area contributed by atoms with E-state index in [1.54, 1.807) is 12.1 Å². The van der Waals surface area contributed by atoms with E-state index in [-0.39, 0.29) is 11.4 Å². The molecular formula is C38H45F2O6S2+. The Morgan fingerprint density at radius 1 is 0.833 bits per heavy atom. The summed E-state index contributed by atoms with van der Waals surface area (Å²) in [5.41, 5.74) is 1.57. The van der Waals surface area contributed by atoms with Crippen LogP contribution in [0.15, 0.2) is 87.5 Å². The summed E-state index contributed by atoms with van der Waals surface area (Å²) in [7, 11) is -6.16. The van der Waals surface area contributed by atoms with Gasteiger partial charge < -0.3 is 14.2 Å². The molecule has 0 radical (unpaired) electrons. The van der Waals surface area contributed by atoms with Gasteiger partial charge in [-0.25, -0.2) is 0 Å². The van der Waals surface area contributed by atoms with Gasteiger partial charge in [-0.05, 0) is 143 Å². The van der Waals surface area contributed by atoms with Gasteiger partial charge in [0.2, 0.25) is 0 Å². The van der Waals surface area contributed by atoms with Crippen molar-refractivity contribution < 1.29 is 36.0 Å². The summed E-state index contributed by atoms with van der Waals surface area (Å²) < 4.78 is 77.4. The third-order valence-corrected chi connectivity index (χ3v) is 14.6. The summed E-state index contributed by atoms with van der Waals surface area (Å²) in [5.74, 6) is 4.25. The SMILES string of the molecule is CC(Oc1ccc([S+](c2ccc(C3CC4CC3C3CCCC43)cc2)c2ccc(C3(C)COC(C)(C)CO3)cc2)cc1)C(F)(F)S(=O)(=O)O. The molecule has 1 saturated heterocycles. The number of ether oxygens (including phenoxy) is 3. The van der Waals surface area contributed by atoms with Crippen LogP contribution in [0.3, 0.4) is 0 Å². The monoisotopic (exact) mass is 699 g/mol. The quantitative estimate of drug-likeness (QED) is 0.178. The van der Waals surface area contributed by atoms with Crippen LogP contribution < -0.4 is 4.74 Å². The van der Waals surface area contributed by atoms with E-state index in [1.807, 2.05) is 32.9 Å². The van der Waals surface area contributed by atoms with Crippen molar-refractivity contribution in [2.75, 3.05) is 13.2 Å². The molecule has 0 aromatic heterocycles. The second kappa shape index (κ2) is 12.4. The molecule has 7 rings (SSSR count). The van der Waals surface area contributed by atoms with Crippen LogP contribution in [0.5, 0.6) is 5.75 Å². The van der Waals surface area contributed by atoms with Gasteiger partial charge in [-0.2, -0.15) is 17.2 Å². The van der Waals surface area contributed by atoms with E-state index in [2.05, 4.69) is 48.5 Å². The molecule has 3 saturated carbocycles. The average Bonchev–Trinajstić information content (AvgIpc) is 3.79. The van der Waals surface area contributed by atoms with E-state index < -0.39 is 38.0 Å². The lowest BCUT2D eigenvalue weighted by atomic mass is 9.73. The summed E-state index contributed by atoms with van der Waals surface area (Å²) in [6.45, 7) is 7.95. The molecule has 1 aliphatic heterocycles. The molecule has 4 fully saturated rings. The minimum Gasteiger partial charge on any atom is -0.483 e. The molecule has 4 aliphatic rings. The molecular weight excluding hydrogens is 655 g/mol. The summed E-state index contributed by atoms with van der Waals surface area (Å²) >= 11 is 0. The number of alkyl halides is 2. The molecule has 8 unspecified atom stereocenters.